The molecule has 2 rings (SSSR count). The van der Waals surface area contributed by atoms with Gasteiger partial charge in [0.05, 0.1) is 0 Å². The molecule has 1 aromatic rings. The highest BCUT2D eigenvalue weighted by Crippen LogP contribution is 2.19. The third-order valence-electron chi connectivity index (χ3n) is 3.64. The summed E-state index contributed by atoms with van der Waals surface area (Å²) in [5.74, 6) is -0.632. The summed E-state index contributed by atoms with van der Waals surface area (Å²) in [5, 5.41) is 2.65. The van der Waals surface area contributed by atoms with Gasteiger partial charge >= 0.3 is 0 Å². The molecule has 0 aromatic heterocycles. The van der Waals surface area contributed by atoms with Crippen LogP contribution in [0.4, 0.5) is 5.69 Å². The molecule has 0 radical (unpaired) electrons. The molecule has 3 N–H and O–H groups in total. The second kappa shape index (κ2) is 6.39. The van der Waals surface area contributed by atoms with Gasteiger partial charge in [-0.1, -0.05) is 0 Å². The Hall–Kier alpha value is -2.37. The average Bonchev–Trinajstić information content (AvgIpc) is 2.47. The third kappa shape index (κ3) is 3.81. The van der Waals surface area contributed by atoms with Crippen molar-refractivity contribution in [3.05, 3.63) is 29.8 Å². The lowest BCUT2D eigenvalue weighted by Gasteiger charge is -2.30. The number of hydrogen-bond donors (Lipinski definition) is 2. The fraction of sp³-hybridized carbons (Fsp3) is 0.400. The molecule has 3 amide bonds. The van der Waals surface area contributed by atoms with Gasteiger partial charge in [-0.05, 0) is 37.1 Å². The number of carbonyl (C=O) groups excluding carboxylic acids is 3. The molecule has 1 aromatic carbocycles. The molecule has 6 nitrogen and oxygen atoms in total. The molecule has 0 saturated carbocycles. The van der Waals surface area contributed by atoms with Crippen molar-refractivity contribution in [3.63, 3.8) is 0 Å². The van der Waals surface area contributed by atoms with E-state index in [1.165, 1.54) is 6.92 Å². The highest BCUT2D eigenvalue weighted by Gasteiger charge is 2.26. The van der Waals surface area contributed by atoms with Crippen LogP contribution in [0, 0.1) is 5.92 Å². The summed E-state index contributed by atoms with van der Waals surface area (Å²) < 4.78 is 0. The number of piperidine rings is 1. The number of hydrogen-bond acceptors (Lipinski definition) is 3. The molecule has 0 atom stereocenters. The van der Waals surface area contributed by atoms with Crippen molar-refractivity contribution in [2.45, 2.75) is 19.8 Å². The first-order chi connectivity index (χ1) is 9.97. The highest BCUT2D eigenvalue weighted by atomic mass is 16.2. The first-order valence-corrected chi connectivity index (χ1v) is 6.93. The van der Waals surface area contributed by atoms with Crippen molar-refractivity contribution in [2.24, 2.45) is 11.7 Å². The Balaban J connectivity index is 1.97. The van der Waals surface area contributed by atoms with Gasteiger partial charge in [0.2, 0.25) is 11.8 Å². The standard InChI is InChI=1S/C15H19N3O3/c1-10(19)17-13-4-2-12(3-5-13)15(21)18-8-6-11(7-9-18)14(16)20/h2-5,11H,6-9H2,1H3,(H2,16,20)(H,17,19). The molecular weight excluding hydrogens is 270 g/mol. The van der Waals surface area contributed by atoms with Gasteiger partial charge in [0.25, 0.3) is 5.91 Å². The number of primary amides is 1. The summed E-state index contributed by atoms with van der Waals surface area (Å²) in [6.07, 6.45) is 1.23. The van der Waals surface area contributed by atoms with E-state index >= 15 is 0 Å². The van der Waals surface area contributed by atoms with Gasteiger partial charge in [0.15, 0.2) is 0 Å². The monoisotopic (exact) mass is 289 g/mol. The number of nitrogens with one attached hydrogen (secondary N) is 1. The van der Waals surface area contributed by atoms with Crippen molar-refractivity contribution >= 4 is 23.4 Å². The van der Waals surface area contributed by atoms with E-state index in [1.807, 2.05) is 0 Å². The van der Waals surface area contributed by atoms with Crippen LogP contribution in [0.15, 0.2) is 24.3 Å². The maximum Gasteiger partial charge on any atom is 0.253 e. The predicted molar refractivity (Wildman–Crippen MR) is 78.6 cm³/mol. The molecular formula is C15H19N3O3. The molecule has 21 heavy (non-hydrogen) atoms. The topological polar surface area (TPSA) is 92.5 Å². The van der Waals surface area contributed by atoms with E-state index in [1.54, 1.807) is 29.2 Å². The Morgan fingerprint density at radius 3 is 2.19 bits per heavy atom. The molecule has 1 aliphatic rings. The average molecular weight is 289 g/mol. The van der Waals surface area contributed by atoms with Crippen molar-refractivity contribution in [1.29, 1.82) is 0 Å². The SMILES string of the molecule is CC(=O)Nc1ccc(C(=O)N2CCC(C(N)=O)CC2)cc1. The van der Waals surface area contributed by atoms with Crippen LogP contribution in [-0.2, 0) is 9.59 Å². The van der Waals surface area contributed by atoms with Gasteiger partial charge in [-0.3, -0.25) is 14.4 Å². The molecule has 112 valence electrons. The lowest BCUT2D eigenvalue weighted by Crippen LogP contribution is -2.41. The molecule has 0 unspecified atom stereocenters. The summed E-state index contributed by atoms with van der Waals surface area (Å²) in [4.78, 5) is 36.1. The third-order valence-corrected chi connectivity index (χ3v) is 3.64. The molecule has 0 aliphatic carbocycles. The Bertz CT molecular complexity index is 546. The van der Waals surface area contributed by atoms with Crippen molar-refractivity contribution < 1.29 is 14.4 Å². The van der Waals surface area contributed by atoms with E-state index in [2.05, 4.69) is 5.32 Å². The molecule has 1 fully saturated rings. The second-order valence-electron chi connectivity index (χ2n) is 5.23. The molecule has 1 saturated heterocycles. The number of nitrogens with zero attached hydrogens (tertiary/aromatic N) is 1. The smallest absolute Gasteiger partial charge is 0.253 e. The molecule has 6 heteroatoms. The summed E-state index contributed by atoms with van der Waals surface area (Å²) >= 11 is 0. The Labute approximate surface area is 123 Å². The summed E-state index contributed by atoms with van der Waals surface area (Å²) in [6, 6.07) is 6.77. The summed E-state index contributed by atoms with van der Waals surface area (Å²) in [6.45, 7) is 2.52. The van der Waals surface area contributed by atoms with E-state index in [4.69, 9.17) is 5.73 Å². The number of rotatable bonds is 3. The van der Waals surface area contributed by atoms with Crippen LogP contribution in [-0.4, -0.2) is 35.7 Å². The maximum atomic E-state index is 12.3. The predicted octanol–water partition coefficient (Wildman–Crippen LogP) is 0.982. The van der Waals surface area contributed by atoms with E-state index < -0.39 is 0 Å². The number of benzene rings is 1. The molecule has 1 aliphatic heterocycles. The van der Waals surface area contributed by atoms with Gasteiger partial charge in [0, 0.05) is 37.2 Å². The Morgan fingerprint density at radius 1 is 1.14 bits per heavy atom. The summed E-state index contributed by atoms with van der Waals surface area (Å²) in [7, 11) is 0. The van der Waals surface area contributed by atoms with Crippen LogP contribution in [0.3, 0.4) is 0 Å². The van der Waals surface area contributed by atoms with Crippen LogP contribution < -0.4 is 11.1 Å². The minimum Gasteiger partial charge on any atom is -0.369 e. The lowest BCUT2D eigenvalue weighted by atomic mass is 9.96. The molecule has 0 bridgehead atoms. The minimum absolute atomic E-state index is 0.0627. The number of amides is 3. The normalized spacial score (nSPS) is 15.6. The van der Waals surface area contributed by atoms with Gasteiger partial charge in [-0.15, -0.1) is 0 Å². The van der Waals surface area contributed by atoms with Crippen LogP contribution in [0.1, 0.15) is 30.1 Å². The molecule has 0 spiro atoms. The number of anilines is 1. The lowest BCUT2D eigenvalue weighted by molar-refractivity contribution is -0.123. The number of carbonyl (C=O) groups is 3. The molecule has 1 heterocycles. The first kappa shape index (κ1) is 15.0. The number of nitrogens with two attached hydrogens (primary N) is 1. The Morgan fingerprint density at radius 2 is 1.71 bits per heavy atom. The zero-order valence-electron chi connectivity index (χ0n) is 12.0. The number of likely N-dealkylation sites (tertiary alicyclic amines) is 1. The van der Waals surface area contributed by atoms with E-state index in [9.17, 15) is 14.4 Å². The fourth-order valence-electron chi connectivity index (χ4n) is 2.45. The van der Waals surface area contributed by atoms with Crippen LogP contribution in [0.25, 0.3) is 0 Å². The van der Waals surface area contributed by atoms with Crippen molar-refractivity contribution in [3.8, 4) is 0 Å². The van der Waals surface area contributed by atoms with Gasteiger partial charge in [0.1, 0.15) is 0 Å². The zero-order chi connectivity index (χ0) is 15.4. The van der Waals surface area contributed by atoms with Gasteiger partial charge < -0.3 is 16.0 Å². The Kier molecular flexibility index (Phi) is 4.57. The van der Waals surface area contributed by atoms with Gasteiger partial charge in [-0.25, -0.2) is 0 Å². The first-order valence-electron chi connectivity index (χ1n) is 6.93. The quantitative estimate of drug-likeness (QED) is 0.868. The van der Waals surface area contributed by atoms with Crippen molar-refractivity contribution in [1.82, 2.24) is 4.90 Å². The fourth-order valence-corrected chi connectivity index (χ4v) is 2.45. The van der Waals surface area contributed by atoms with Crippen LogP contribution >= 0.6 is 0 Å². The largest absolute Gasteiger partial charge is 0.369 e. The van der Waals surface area contributed by atoms with E-state index in [0.717, 1.165) is 0 Å². The maximum absolute atomic E-state index is 12.3. The van der Waals surface area contributed by atoms with Crippen molar-refractivity contribution in [2.75, 3.05) is 18.4 Å². The van der Waals surface area contributed by atoms with E-state index in [-0.39, 0.29) is 23.6 Å². The van der Waals surface area contributed by atoms with Gasteiger partial charge in [-0.2, -0.15) is 0 Å². The zero-order valence-corrected chi connectivity index (χ0v) is 12.0. The second-order valence-corrected chi connectivity index (χ2v) is 5.23. The van der Waals surface area contributed by atoms with Crippen LogP contribution in [0.2, 0.25) is 0 Å². The highest BCUT2D eigenvalue weighted by molar-refractivity contribution is 5.95. The van der Waals surface area contributed by atoms with E-state index in [0.29, 0.717) is 37.2 Å². The minimum atomic E-state index is -0.290. The van der Waals surface area contributed by atoms with Crippen LogP contribution in [0.5, 0.6) is 0 Å². The summed E-state index contributed by atoms with van der Waals surface area (Å²) in [5.41, 5.74) is 6.51.